The van der Waals surface area contributed by atoms with Crippen LogP contribution in [0.4, 0.5) is 0 Å². The largest absolute Gasteiger partial charge is 0.493 e. The minimum absolute atomic E-state index is 0.110. The summed E-state index contributed by atoms with van der Waals surface area (Å²) in [4.78, 5) is 14.4. The van der Waals surface area contributed by atoms with E-state index in [0.717, 1.165) is 49.0 Å². The van der Waals surface area contributed by atoms with E-state index in [1.807, 2.05) is 25.2 Å². The van der Waals surface area contributed by atoms with Crippen LogP contribution in [0.5, 0.6) is 11.5 Å². The van der Waals surface area contributed by atoms with Crippen LogP contribution in [0.25, 0.3) is 0 Å². The molecule has 2 rings (SSSR count). The average molecular weight is 364 g/mol. The lowest BCUT2D eigenvalue weighted by Crippen LogP contribution is -2.42. The zero-order chi connectivity index (χ0) is 18.8. The van der Waals surface area contributed by atoms with Gasteiger partial charge in [-0.1, -0.05) is 6.07 Å². The molecule has 0 radical (unpaired) electrons. The van der Waals surface area contributed by atoms with Crippen LogP contribution in [0, 0.1) is 5.92 Å². The summed E-state index contributed by atoms with van der Waals surface area (Å²) in [6.45, 7) is 4.27. The number of methoxy groups -OCH3 is 2. The number of hydrogen-bond donors (Lipinski definition) is 2. The van der Waals surface area contributed by atoms with Gasteiger partial charge in [0.2, 0.25) is 5.91 Å². The molecule has 0 spiro atoms. The van der Waals surface area contributed by atoms with E-state index >= 15 is 0 Å². The number of amides is 1. The van der Waals surface area contributed by atoms with E-state index in [0.29, 0.717) is 13.1 Å². The van der Waals surface area contributed by atoms with Crippen LogP contribution in [0.1, 0.15) is 24.8 Å². The molecule has 1 aromatic rings. The molecule has 0 aromatic heterocycles. The molecule has 1 aliphatic rings. The lowest BCUT2D eigenvalue weighted by Gasteiger charge is -2.31. The molecule has 1 heterocycles. The molecule has 0 aliphatic carbocycles. The second-order valence-electron chi connectivity index (χ2n) is 6.90. The fourth-order valence-electron chi connectivity index (χ4n) is 3.42. The Morgan fingerprint density at radius 1 is 1.15 bits per heavy atom. The quantitative estimate of drug-likeness (QED) is 0.662. The molecule has 6 nitrogen and oxygen atoms in total. The first-order chi connectivity index (χ1) is 12.7. The summed E-state index contributed by atoms with van der Waals surface area (Å²) in [5.74, 6) is 2.35. The Hall–Kier alpha value is -1.79. The maximum Gasteiger partial charge on any atom is 0.234 e. The number of piperidine rings is 1. The Morgan fingerprint density at radius 2 is 1.88 bits per heavy atom. The SMILES string of the molecule is CNCCC1CCN(CC(=O)NCCc2ccc(OC)c(OC)c2)CC1. The first-order valence-corrected chi connectivity index (χ1v) is 9.50. The van der Waals surface area contributed by atoms with Gasteiger partial charge in [-0.3, -0.25) is 9.69 Å². The van der Waals surface area contributed by atoms with Crippen LogP contribution < -0.4 is 20.1 Å². The molecule has 1 saturated heterocycles. The number of benzene rings is 1. The van der Waals surface area contributed by atoms with E-state index in [1.165, 1.54) is 19.3 Å². The lowest BCUT2D eigenvalue weighted by molar-refractivity contribution is -0.122. The van der Waals surface area contributed by atoms with E-state index in [9.17, 15) is 4.79 Å². The number of nitrogens with zero attached hydrogens (tertiary/aromatic N) is 1. The highest BCUT2D eigenvalue weighted by molar-refractivity contribution is 5.78. The van der Waals surface area contributed by atoms with Gasteiger partial charge in [0.1, 0.15) is 0 Å². The summed E-state index contributed by atoms with van der Waals surface area (Å²) < 4.78 is 10.6. The summed E-state index contributed by atoms with van der Waals surface area (Å²) >= 11 is 0. The predicted molar refractivity (Wildman–Crippen MR) is 104 cm³/mol. The summed E-state index contributed by atoms with van der Waals surface area (Å²) in [7, 11) is 5.26. The van der Waals surface area contributed by atoms with E-state index in [1.54, 1.807) is 14.2 Å². The zero-order valence-electron chi connectivity index (χ0n) is 16.3. The van der Waals surface area contributed by atoms with E-state index in [-0.39, 0.29) is 5.91 Å². The third kappa shape index (κ3) is 6.50. The van der Waals surface area contributed by atoms with Gasteiger partial charge < -0.3 is 20.1 Å². The van der Waals surface area contributed by atoms with Gasteiger partial charge >= 0.3 is 0 Å². The van der Waals surface area contributed by atoms with Crippen molar-refractivity contribution in [3.8, 4) is 11.5 Å². The van der Waals surface area contributed by atoms with Crippen molar-refractivity contribution in [3.63, 3.8) is 0 Å². The third-order valence-corrected chi connectivity index (χ3v) is 5.06. The summed E-state index contributed by atoms with van der Waals surface area (Å²) in [5, 5.41) is 6.24. The van der Waals surface area contributed by atoms with Crippen molar-refractivity contribution < 1.29 is 14.3 Å². The minimum atomic E-state index is 0.110. The highest BCUT2D eigenvalue weighted by atomic mass is 16.5. The maximum absolute atomic E-state index is 12.2. The van der Waals surface area contributed by atoms with Gasteiger partial charge in [0.05, 0.1) is 20.8 Å². The van der Waals surface area contributed by atoms with E-state index < -0.39 is 0 Å². The molecule has 2 N–H and O–H groups in total. The Balaban J connectivity index is 1.66. The fraction of sp³-hybridized carbons (Fsp3) is 0.650. The highest BCUT2D eigenvalue weighted by Gasteiger charge is 2.20. The number of carbonyl (C=O) groups excluding carboxylic acids is 1. The third-order valence-electron chi connectivity index (χ3n) is 5.06. The molecule has 1 aromatic carbocycles. The van der Waals surface area contributed by atoms with E-state index in [4.69, 9.17) is 9.47 Å². The van der Waals surface area contributed by atoms with Crippen molar-refractivity contribution in [3.05, 3.63) is 23.8 Å². The molecule has 0 unspecified atom stereocenters. The first-order valence-electron chi connectivity index (χ1n) is 9.50. The summed E-state index contributed by atoms with van der Waals surface area (Å²) in [6, 6.07) is 5.86. The van der Waals surface area contributed by atoms with Crippen LogP contribution in [0.3, 0.4) is 0 Å². The summed E-state index contributed by atoms with van der Waals surface area (Å²) in [5.41, 5.74) is 1.12. The van der Waals surface area contributed by atoms with Gasteiger partial charge in [0, 0.05) is 6.54 Å². The standard InChI is InChI=1S/C20H33N3O3/c1-21-10-6-16-8-12-23(13-9-16)15-20(24)22-11-7-17-4-5-18(25-2)19(14-17)26-3/h4-5,14,16,21H,6-13,15H2,1-3H3,(H,22,24). The number of carbonyl (C=O) groups is 1. The van der Waals surface area contributed by atoms with Crippen molar-refractivity contribution in [2.75, 3.05) is 54.0 Å². The van der Waals surface area contributed by atoms with Crippen molar-refractivity contribution in [2.45, 2.75) is 25.7 Å². The Labute approximate surface area is 157 Å². The Morgan fingerprint density at radius 3 is 2.54 bits per heavy atom. The topological polar surface area (TPSA) is 62.8 Å². The number of hydrogen-bond acceptors (Lipinski definition) is 5. The van der Waals surface area contributed by atoms with Gasteiger partial charge in [0.25, 0.3) is 0 Å². The van der Waals surface area contributed by atoms with Gasteiger partial charge in [-0.25, -0.2) is 0 Å². The van der Waals surface area contributed by atoms with Gasteiger partial charge in [0.15, 0.2) is 11.5 Å². The molecule has 1 aliphatic heterocycles. The normalized spacial score (nSPS) is 15.7. The van der Waals surface area contributed by atoms with Crippen molar-refractivity contribution in [1.29, 1.82) is 0 Å². The molecule has 26 heavy (non-hydrogen) atoms. The van der Waals surface area contributed by atoms with Crippen molar-refractivity contribution >= 4 is 5.91 Å². The monoisotopic (exact) mass is 363 g/mol. The van der Waals surface area contributed by atoms with Gasteiger partial charge in [-0.15, -0.1) is 0 Å². The number of rotatable bonds is 10. The van der Waals surface area contributed by atoms with Crippen LogP contribution in [-0.2, 0) is 11.2 Å². The first kappa shape index (κ1) is 20.5. The Kier molecular flexibility index (Phi) is 8.71. The highest BCUT2D eigenvalue weighted by Crippen LogP contribution is 2.27. The van der Waals surface area contributed by atoms with Crippen molar-refractivity contribution in [2.24, 2.45) is 5.92 Å². The zero-order valence-corrected chi connectivity index (χ0v) is 16.3. The minimum Gasteiger partial charge on any atom is -0.493 e. The van der Waals surface area contributed by atoms with Crippen LogP contribution in [0.2, 0.25) is 0 Å². The maximum atomic E-state index is 12.2. The second-order valence-corrected chi connectivity index (χ2v) is 6.90. The summed E-state index contributed by atoms with van der Waals surface area (Å²) in [6.07, 6.45) is 4.40. The molecule has 0 bridgehead atoms. The Bertz CT molecular complexity index is 557. The van der Waals surface area contributed by atoms with Gasteiger partial charge in [-0.2, -0.15) is 0 Å². The van der Waals surface area contributed by atoms with Crippen LogP contribution in [0.15, 0.2) is 18.2 Å². The molecule has 6 heteroatoms. The number of nitrogens with one attached hydrogen (secondary N) is 2. The average Bonchev–Trinajstić information content (AvgIpc) is 2.67. The van der Waals surface area contributed by atoms with E-state index in [2.05, 4.69) is 15.5 Å². The molecule has 0 saturated carbocycles. The smallest absolute Gasteiger partial charge is 0.234 e. The molecular formula is C20H33N3O3. The predicted octanol–water partition coefficient (Wildman–Crippen LogP) is 1.68. The molecule has 1 amide bonds. The molecule has 0 atom stereocenters. The molecule has 1 fully saturated rings. The van der Waals surface area contributed by atoms with Crippen molar-refractivity contribution in [1.82, 2.24) is 15.5 Å². The lowest BCUT2D eigenvalue weighted by atomic mass is 9.93. The number of likely N-dealkylation sites (tertiary alicyclic amines) is 1. The molecular weight excluding hydrogens is 330 g/mol. The molecule has 146 valence electrons. The fourth-order valence-corrected chi connectivity index (χ4v) is 3.42. The second kappa shape index (κ2) is 11.0. The van der Waals surface area contributed by atoms with Crippen LogP contribution in [-0.4, -0.2) is 64.8 Å². The van der Waals surface area contributed by atoms with Crippen LogP contribution >= 0.6 is 0 Å². The van der Waals surface area contributed by atoms with Gasteiger partial charge in [-0.05, 0) is 76.0 Å². The number of ether oxygens (including phenoxy) is 2.